The summed E-state index contributed by atoms with van der Waals surface area (Å²) in [5, 5.41) is 3.36. The molecule has 1 aromatic carbocycles. The lowest BCUT2D eigenvalue weighted by Gasteiger charge is -2.11. The Hall–Kier alpha value is -3.09. The van der Waals surface area contributed by atoms with Crippen LogP contribution in [0, 0.1) is 0 Å². The van der Waals surface area contributed by atoms with Gasteiger partial charge >= 0.3 is 0 Å². The third kappa shape index (κ3) is 4.67. The van der Waals surface area contributed by atoms with Crippen molar-refractivity contribution in [1.29, 1.82) is 0 Å². The molecule has 0 spiro atoms. The zero-order chi connectivity index (χ0) is 20.1. The standard InChI is InChI=1S/C22H25N3O4/c26-21(23-11-4-6-16-7-5-13-28-16)15-29-17-9-10-19-18(14-17)22(27)25-12-3-1-2-8-20(25)24-19/h5,7,9-10,13-14H,1-4,6,8,11-12,15H2,(H,23,26). The molecule has 2 aromatic heterocycles. The Morgan fingerprint density at radius 3 is 3.03 bits per heavy atom. The molecule has 1 aliphatic heterocycles. The van der Waals surface area contributed by atoms with Crippen molar-refractivity contribution in [2.75, 3.05) is 13.2 Å². The van der Waals surface area contributed by atoms with Gasteiger partial charge in [0, 0.05) is 25.9 Å². The molecule has 1 aliphatic rings. The quantitative estimate of drug-likeness (QED) is 0.622. The summed E-state index contributed by atoms with van der Waals surface area (Å²) in [7, 11) is 0. The normalized spacial score (nSPS) is 13.7. The number of hydrogen-bond acceptors (Lipinski definition) is 5. The predicted molar refractivity (Wildman–Crippen MR) is 109 cm³/mol. The van der Waals surface area contributed by atoms with E-state index in [1.165, 1.54) is 0 Å². The number of benzene rings is 1. The van der Waals surface area contributed by atoms with Crippen LogP contribution in [0.3, 0.4) is 0 Å². The number of ether oxygens (including phenoxy) is 1. The number of nitrogens with zero attached hydrogens (tertiary/aromatic N) is 2. The highest BCUT2D eigenvalue weighted by molar-refractivity contribution is 5.80. The first-order valence-corrected chi connectivity index (χ1v) is 10.2. The lowest BCUT2D eigenvalue weighted by atomic mass is 10.2. The first kappa shape index (κ1) is 19.2. The highest BCUT2D eigenvalue weighted by Gasteiger charge is 2.14. The van der Waals surface area contributed by atoms with Crippen molar-refractivity contribution in [3.63, 3.8) is 0 Å². The molecule has 0 unspecified atom stereocenters. The molecule has 0 atom stereocenters. The van der Waals surface area contributed by atoms with Crippen molar-refractivity contribution in [1.82, 2.24) is 14.9 Å². The number of carbonyl (C=O) groups excluding carboxylic acids is 1. The number of hydrogen-bond donors (Lipinski definition) is 1. The molecule has 1 amide bonds. The van der Waals surface area contributed by atoms with Crippen LogP contribution < -0.4 is 15.6 Å². The molecule has 29 heavy (non-hydrogen) atoms. The molecule has 1 N–H and O–H groups in total. The van der Waals surface area contributed by atoms with E-state index < -0.39 is 0 Å². The van der Waals surface area contributed by atoms with Gasteiger partial charge in [-0.1, -0.05) is 6.42 Å². The summed E-state index contributed by atoms with van der Waals surface area (Å²) in [5.74, 6) is 2.07. The first-order chi connectivity index (χ1) is 14.2. The Bertz CT molecular complexity index is 1040. The Kier molecular flexibility index (Phi) is 5.93. The second kappa shape index (κ2) is 8.94. The van der Waals surface area contributed by atoms with E-state index in [4.69, 9.17) is 9.15 Å². The average Bonchev–Trinajstić information content (AvgIpc) is 3.14. The summed E-state index contributed by atoms with van der Waals surface area (Å²) >= 11 is 0. The van der Waals surface area contributed by atoms with Crippen LogP contribution in [-0.4, -0.2) is 28.6 Å². The number of rotatable bonds is 7. The van der Waals surface area contributed by atoms with E-state index in [1.54, 1.807) is 29.0 Å². The fourth-order valence-electron chi connectivity index (χ4n) is 3.63. The molecular weight excluding hydrogens is 370 g/mol. The van der Waals surface area contributed by atoms with E-state index >= 15 is 0 Å². The largest absolute Gasteiger partial charge is 0.484 e. The number of aryl methyl sites for hydroxylation is 2. The summed E-state index contributed by atoms with van der Waals surface area (Å²) in [5.41, 5.74) is 0.651. The van der Waals surface area contributed by atoms with Crippen LogP contribution in [0.4, 0.5) is 0 Å². The van der Waals surface area contributed by atoms with E-state index in [-0.39, 0.29) is 18.1 Å². The highest BCUT2D eigenvalue weighted by Crippen LogP contribution is 2.19. The van der Waals surface area contributed by atoms with Crippen molar-refractivity contribution in [3.05, 3.63) is 58.5 Å². The van der Waals surface area contributed by atoms with Crippen LogP contribution in [0.25, 0.3) is 10.9 Å². The SMILES string of the molecule is O=C(COc1ccc2nc3n(c(=O)c2c1)CCCCC3)NCCCc1ccco1. The summed E-state index contributed by atoms with van der Waals surface area (Å²) in [6.45, 7) is 1.17. The third-order valence-electron chi connectivity index (χ3n) is 5.16. The van der Waals surface area contributed by atoms with E-state index in [1.807, 2.05) is 12.1 Å². The molecule has 152 valence electrons. The van der Waals surface area contributed by atoms with Crippen LogP contribution in [0.5, 0.6) is 5.75 Å². The zero-order valence-electron chi connectivity index (χ0n) is 16.4. The van der Waals surface area contributed by atoms with Crippen molar-refractivity contribution in [3.8, 4) is 5.75 Å². The maximum atomic E-state index is 12.9. The minimum absolute atomic E-state index is 0.0280. The fourth-order valence-corrected chi connectivity index (χ4v) is 3.63. The predicted octanol–water partition coefficient (Wildman–Crippen LogP) is 2.84. The lowest BCUT2D eigenvalue weighted by Crippen LogP contribution is -2.30. The van der Waals surface area contributed by atoms with Crippen molar-refractivity contribution in [2.24, 2.45) is 0 Å². The maximum Gasteiger partial charge on any atom is 0.261 e. The van der Waals surface area contributed by atoms with Crippen molar-refractivity contribution >= 4 is 16.8 Å². The maximum absolute atomic E-state index is 12.9. The van der Waals surface area contributed by atoms with Gasteiger partial charge in [0.05, 0.1) is 17.2 Å². The van der Waals surface area contributed by atoms with Crippen LogP contribution in [-0.2, 0) is 24.2 Å². The molecule has 0 aliphatic carbocycles. The molecule has 7 nitrogen and oxygen atoms in total. The Labute approximate surface area is 168 Å². The van der Waals surface area contributed by atoms with Gasteiger partial charge in [0.1, 0.15) is 17.3 Å². The molecule has 0 saturated heterocycles. The minimum atomic E-state index is -0.193. The third-order valence-corrected chi connectivity index (χ3v) is 5.16. The topological polar surface area (TPSA) is 86.4 Å². The average molecular weight is 395 g/mol. The Balaban J connectivity index is 1.35. The minimum Gasteiger partial charge on any atom is -0.484 e. The van der Waals surface area contributed by atoms with Crippen LogP contribution in [0.1, 0.15) is 37.3 Å². The van der Waals surface area contributed by atoms with Gasteiger partial charge in [-0.25, -0.2) is 4.98 Å². The molecule has 0 bridgehead atoms. The van der Waals surface area contributed by atoms with E-state index in [2.05, 4.69) is 10.3 Å². The second-order valence-electron chi connectivity index (χ2n) is 7.30. The van der Waals surface area contributed by atoms with Gasteiger partial charge in [0.25, 0.3) is 11.5 Å². The van der Waals surface area contributed by atoms with Crippen molar-refractivity contribution < 1.29 is 13.9 Å². The van der Waals surface area contributed by atoms with E-state index in [0.717, 1.165) is 50.1 Å². The van der Waals surface area contributed by atoms with Gasteiger partial charge in [0.15, 0.2) is 6.61 Å². The molecular formula is C22H25N3O4. The smallest absolute Gasteiger partial charge is 0.261 e. The lowest BCUT2D eigenvalue weighted by molar-refractivity contribution is -0.123. The Morgan fingerprint density at radius 2 is 2.17 bits per heavy atom. The molecule has 0 saturated carbocycles. The molecule has 0 radical (unpaired) electrons. The van der Waals surface area contributed by atoms with Gasteiger partial charge in [-0.3, -0.25) is 14.2 Å². The fraction of sp³-hybridized carbons (Fsp3) is 0.409. The summed E-state index contributed by atoms with van der Waals surface area (Å²) in [4.78, 5) is 29.5. The number of amides is 1. The summed E-state index contributed by atoms with van der Waals surface area (Å²) < 4.78 is 12.6. The zero-order valence-corrected chi connectivity index (χ0v) is 16.4. The van der Waals surface area contributed by atoms with Crippen molar-refractivity contribution in [2.45, 2.75) is 45.1 Å². The monoisotopic (exact) mass is 395 g/mol. The Morgan fingerprint density at radius 1 is 1.24 bits per heavy atom. The highest BCUT2D eigenvalue weighted by atomic mass is 16.5. The van der Waals surface area contributed by atoms with E-state index in [0.29, 0.717) is 29.7 Å². The van der Waals surface area contributed by atoms with Gasteiger partial charge in [-0.15, -0.1) is 0 Å². The molecule has 3 aromatic rings. The van der Waals surface area contributed by atoms with Gasteiger partial charge in [-0.05, 0) is 49.6 Å². The summed E-state index contributed by atoms with van der Waals surface area (Å²) in [6, 6.07) is 9.00. The number of nitrogens with one attached hydrogen (secondary N) is 1. The molecule has 0 fully saturated rings. The molecule has 7 heteroatoms. The number of furan rings is 1. The first-order valence-electron chi connectivity index (χ1n) is 10.2. The van der Waals surface area contributed by atoms with Crippen LogP contribution in [0.2, 0.25) is 0 Å². The van der Waals surface area contributed by atoms with Crippen LogP contribution >= 0.6 is 0 Å². The van der Waals surface area contributed by atoms with Gasteiger partial charge < -0.3 is 14.5 Å². The van der Waals surface area contributed by atoms with Gasteiger partial charge in [-0.2, -0.15) is 0 Å². The van der Waals surface area contributed by atoms with E-state index in [9.17, 15) is 9.59 Å². The van der Waals surface area contributed by atoms with Gasteiger partial charge in [0.2, 0.25) is 0 Å². The second-order valence-corrected chi connectivity index (χ2v) is 7.30. The number of carbonyl (C=O) groups is 1. The summed E-state index contributed by atoms with van der Waals surface area (Å²) in [6.07, 6.45) is 7.23. The number of fused-ring (bicyclic) bond motifs is 2. The molecule has 3 heterocycles. The molecule has 4 rings (SSSR count). The number of aromatic nitrogens is 2. The van der Waals surface area contributed by atoms with Crippen LogP contribution in [0.15, 0.2) is 45.8 Å².